The SMILES string of the molecule is CC[C@H]1CN(C(C)(C)C)C(=O)[C@@H]1C(C)=O. The normalized spacial score (nSPS) is 27.3. The Kier molecular flexibility index (Phi) is 3.22. The predicted molar refractivity (Wildman–Crippen MR) is 59.4 cm³/mol. The molecule has 1 aliphatic heterocycles. The molecule has 0 aliphatic carbocycles. The Morgan fingerprint density at radius 2 is 2.00 bits per heavy atom. The number of hydrogen-bond donors (Lipinski definition) is 0. The first-order valence-electron chi connectivity index (χ1n) is 5.61. The first-order valence-corrected chi connectivity index (χ1v) is 5.61. The van der Waals surface area contributed by atoms with Crippen molar-refractivity contribution in [1.82, 2.24) is 4.90 Å². The monoisotopic (exact) mass is 211 g/mol. The van der Waals surface area contributed by atoms with Gasteiger partial charge in [0, 0.05) is 12.1 Å². The lowest BCUT2D eigenvalue weighted by Crippen LogP contribution is -2.43. The first-order chi connectivity index (χ1) is 6.79. The molecule has 15 heavy (non-hydrogen) atoms. The summed E-state index contributed by atoms with van der Waals surface area (Å²) in [6.07, 6.45) is 0.891. The Labute approximate surface area is 91.8 Å². The van der Waals surface area contributed by atoms with Crippen molar-refractivity contribution >= 4 is 11.7 Å². The van der Waals surface area contributed by atoms with E-state index in [-0.39, 0.29) is 23.1 Å². The Bertz CT molecular complexity index is 278. The van der Waals surface area contributed by atoms with Crippen LogP contribution in [0.5, 0.6) is 0 Å². The lowest BCUT2D eigenvalue weighted by molar-refractivity contribution is -0.139. The molecule has 0 bridgehead atoms. The third kappa shape index (κ3) is 2.21. The smallest absolute Gasteiger partial charge is 0.233 e. The van der Waals surface area contributed by atoms with Crippen LogP contribution in [0.25, 0.3) is 0 Å². The Hall–Kier alpha value is -0.860. The van der Waals surface area contributed by atoms with E-state index in [4.69, 9.17) is 0 Å². The van der Waals surface area contributed by atoms with Crippen molar-refractivity contribution < 1.29 is 9.59 Å². The zero-order chi connectivity index (χ0) is 11.8. The number of amides is 1. The third-order valence-corrected chi connectivity index (χ3v) is 3.19. The van der Waals surface area contributed by atoms with Crippen molar-refractivity contribution in [3.8, 4) is 0 Å². The van der Waals surface area contributed by atoms with Crippen LogP contribution in [0.1, 0.15) is 41.0 Å². The van der Waals surface area contributed by atoms with Crippen LogP contribution in [0.2, 0.25) is 0 Å². The van der Waals surface area contributed by atoms with Gasteiger partial charge in [-0.2, -0.15) is 0 Å². The van der Waals surface area contributed by atoms with Crippen LogP contribution in [0.4, 0.5) is 0 Å². The van der Waals surface area contributed by atoms with Crippen molar-refractivity contribution in [3.05, 3.63) is 0 Å². The average molecular weight is 211 g/mol. The summed E-state index contributed by atoms with van der Waals surface area (Å²) >= 11 is 0. The van der Waals surface area contributed by atoms with Gasteiger partial charge in [0.25, 0.3) is 0 Å². The van der Waals surface area contributed by atoms with E-state index >= 15 is 0 Å². The fourth-order valence-electron chi connectivity index (χ4n) is 2.27. The number of Topliss-reactive ketones (excluding diaryl/α,β-unsaturated/α-hetero) is 1. The molecule has 0 saturated carbocycles. The second-order valence-corrected chi connectivity index (χ2v) is 5.38. The van der Waals surface area contributed by atoms with Crippen molar-refractivity contribution in [2.75, 3.05) is 6.54 Å². The molecule has 3 heteroatoms. The molecule has 1 aliphatic rings. The summed E-state index contributed by atoms with van der Waals surface area (Å²) < 4.78 is 0. The predicted octanol–water partition coefficient (Wildman–Crippen LogP) is 1.86. The number of likely N-dealkylation sites (tertiary alicyclic amines) is 1. The van der Waals surface area contributed by atoms with E-state index < -0.39 is 5.92 Å². The molecule has 0 aromatic heterocycles. The van der Waals surface area contributed by atoms with Crippen molar-refractivity contribution in [1.29, 1.82) is 0 Å². The summed E-state index contributed by atoms with van der Waals surface area (Å²) in [7, 11) is 0. The Morgan fingerprint density at radius 3 is 2.27 bits per heavy atom. The van der Waals surface area contributed by atoms with Crippen LogP contribution < -0.4 is 0 Å². The summed E-state index contributed by atoms with van der Waals surface area (Å²) in [5, 5.41) is 0. The van der Waals surface area contributed by atoms with Crippen molar-refractivity contribution in [3.63, 3.8) is 0 Å². The standard InChI is InChI=1S/C12H21NO2/c1-6-9-7-13(12(3,4)5)11(15)10(9)8(2)14/h9-10H,6-7H2,1-5H3/t9-,10+/m0/s1. The van der Waals surface area contributed by atoms with E-state index in [0.717, 1.165) is 13.0 Å². The van der Waals surface area contributed by atoms with E-state index in [2.05, 4.69) is 0 Å². The molecule has 1 amide bonds. The van der Waals surface area contributed by atoms with E-state index in [9.17, 15) is 9.59 Å². The number of rotatable bonds is 2. The van der Waals surface area contributed by atoms with E-state index in [1.807, 2.05) is 32.6 Å². The van der Waals surface area contributed by atoms with Crippen LogP contribution in [0.15, 0.2) is 0 Å². The number of carbonyl (C=O) groups is 2. The van der Waals surface area contributed by atoms with Gasteiger partial charge in [-0.15, -0.1) is 0 Å². The molecule has 1 fully saturated rings. The highest BCUT2D eigenvalue weighted by atomic mass is 16.2. The Morgan fingerprint density at radius 1 is 1.47 bits per heavy atom. The van der Waals surface area contributed by atoms with Gasteiger partial charge in [-0.05, 0) is 33.6 Å². The van der Waals surface area contributed by atoms with E-state index in [0.29, 0.717) is 0 Å². The maximum atomic E-state index is 12.1. The highest BCUT2D eigenvalue weighted by Gasteiger charge is 2.45. The molecule has 0 unspecified atom stereocenters. The maximum absolute atomic E-state index is 12.1. The molecule has 2 atom stereocenters. The summed E-state index contributed by atoms with van der Waals surface area (Å²) in [6.45, 7) is 10.3. The van der Waals surface area contributed by atoms with Crippen LogP contribution in [-0.2, 0) is 9.59 Å². The van der Waals surface area contributed by atoms with Gasteiger partial charge in [0.05, 0.1) is 0 Å². The van der Waals surface area contributed by atoms with Crippen molar-refractivity contribution in [2.24, 2.45) is 11.8 Å². The molecule has 0 N–H and O–H groups in total. The minimum Gasteiger partial charge on any atom is -0.337 e. The molecule has 1 heterocycles. The van der Waals surface area contributed by atoms with Gasteiger partial charge in [-0.3, -0.25) is 9.59 Å². The molecule has 0 aromatic rings. The number of nitrogens with zero attached hydrogens (tertiary/aromatic N) is 1. The van der Waals surface area contributed by atoms with Gasteiger partial charge < -0.3 is 4.90 Å². The molecule has 0 radical (unpaired) electrons. The van der Waals surface area contributed by atoms with Gasteiger partial charge in [-0.1, -0.05) is 13.3 Å². The number of carbonyl (C=O) groups excluding carboxylic acids is 2. The van der Waals surface area contributed by atoms with Crippen LogP contribution in [0.3, 0.4) is 0 Å². The molecule has 86 valence electrons. The minimum atomic E-state index is -0.394. The number of hydrogen-bond acceptors (Lipinski definition) is 2. The molecular formula is C12H21NO2. The summed E-state index contributed by atoms with van der Waals surface area (Å²) in [4.78, 5) is 25.4. The largest absolute Gasteiger partial charge is 0.337 e. The third-order valence-electron chi connectivity index (χ3n) is 3.19. The summed E-state index contributed by atoms with van der Waals surface area (Å²) in [6, 6.07) is 0. The van der Waals surface area contributed by atoms with E-state index in [1.54, 1.807) is 0 Å². The lowest BCUT2D eigenvalue weighted by Gasteiger charge is -2.32. The van der Waals surface area contributed by atoms with Crippen LogP contribution in [0, 0.1) is 11.8 Å². The van der Waals surface area contributed by atoms with Crippen LogP contribution in [-0.4, -0.2) is 28.7 Å². The molecule has 1 rings (SSSR count). The molecule has 0 aromatic carbocycles. The van der Waals surface area contributed by atoms with Crippen molar-refractivity contribution in [2.45, 2.75) is 46.6 Å². The second kappa shape index (κ2) is 3.95. The Balaban J connectivity index is 2.94. The highest BCUT2D eigenvalue weighted by Crippen LogP contribution is 2.32. The molecule has 1 saturated heterocycles. The molecule has 0 spiro atoms. The fourth-order valence-corrected chi connectivity index (χ4v) is 2.27. The quantitative estimate of drug-likeness (QED) is 0.654. The average Bonchev–Trinajstić information content (AvgIpc) is 2.41. The zero-order valence-corrected chi connectivity index (χ0v) is 10.3. The lowest BCUT2D eigenvalue weighted by atomic mass is 9.90. The molecular weight excluding hydrogens is 190 g/mol. The number of ketones is 1. The second-order valence-electron chi connectivity index (χ2n) is 5.38. The van der Waals surface area contributed by atoms with Gasteiger partial charge >= 0.3 is 0 Å². The van der Waals surface area contributed by atoms with Crippen LogP contribution >= 0.6 is 0 Å². The minimum absolute atomic E-state index is 0.0126. The van der Waals surface area contributed by atoms with Gasteiger partial charge in [0.1, 0.15) is 11.7 Å². The topological polar surface area (TPSA) is 37.4 Å². The highest BCUT2D eigenvalue weighted by molar-refractivity contribution is 6.02. The first kappa shape index (κ1) is 12.2. The summed E-state index contributed by atoms with van der Waals surface area (Å²) in [5.41, 5.74) is -0.172. The van der Waals surface area contributed by atoms with Gasteiger partial charge in [0.15, 0.2) is 0 Å². The summed E-state index contributed by atoms with van der Waals surface area (Å²) in [5.74, 6) is -0.163. The van der Waals surface area contributed by atoms with Gasteiger partial charge in [0.2, 0.25) is 5.91 Å². The maximum Gasteiger partial charge on any atom is 0.233 e. The van der Waals surface area contributed by atoms with Gasteiger partial charge in [-0.25, -0.2) is 0 Å². The molecule has 3 nitrogen and oxygen atoms in total. The zero-order valence-electron chi connectivity index (χ0n) is 10.3. The fraction of sp³-hybridized carbons (Fsp3) is 0.833. The van der Waals surface area contributed by atoms with E-state index in [1.165, 1.54) is 6.92 Å².